The number of benzene rings is 1. The average molecular weight is 341 g/mol. The predicted molar refractivity (Wildman–Crippen MR) is 96.0 cm³/mol. The Bertz CT molecular complexity index is 694. The minimum Gasteiger partial charge on any atom is -0.379 e. The summed E-state index contributed by atoms with van der Waals surface area (Å²) in [7, 11) is 0. The predicted octanol–water partition coefficient (Wildman–Crippen LogP) is 2.95. The van der Waals surface area contributed by atoms with Gasteiger partial charge in [-0.1, -0.05) is 18.2 Å². The van der Waals surface area contributed by atoms with Crippen LogP contribution in [0.25, 0.3) is 0 Å². The lowest BCUT2D eigenvalue weighted by atomic mass is 9.87. The summed E-state index contributed by atoms with van der Waals surface area (Å²) in [4.78, 5) is 9.31. The molecule has 1 spiro atoms. The number of hydrogen-bond donors (Lipinski definition) is 0. The Balaban J connectivity index is 1.45. The number of aromatic nitrogens is 1. The second-order valence-electron chi connectivity index (χ2n) is 7.25. The summed E-state index contributed by atoms with van der Waals surface area (Å²) in [5.41, 5.74) is 1.30. The van der Waals surface area contributed by atoms with E-state index in [4.69, 9.17) is 4.74 Å². The van der Waals surface area contributed by atoms with Crippen molar-refractivity contribution in [2.24, 2.45) is 5.41 Å². The van der Waals surface area contributed by atoms with Crippen molar-refractivity contribution in [1.82, 2.24) is 9.88 Å². The second-order valence-corrected chi connectivity index (χ2v) is 7.25. The molecule has 3 heterocycles. The number of hydrogen-bond acceptors (Lipinski definition) is 4. The normalized spacial score (nSPS) is 24.6. The summed E-state index contributed by atoms with van der Waals surface area (Å²) in [6.45, 7) is 6.32. The van der Waals surface area contributed by atoms with E-state index in [1.807, 2.05) is 30.5 Å². The van der Waals surface area contributed by atoms with Gasteiger partial charge in [0.15, 0.2) is 0 Å². The SMILES string of the molecule is Fc1ccc(CN2CCOC[C@]3(CCN(c4ccccn4)C3)C2)cc1. The fourth-order valence-electron chi connectivity index (χ4n) is 3.98. The summed E-state index contributed by atoms with van der Waals surface area (Å²) in [6, 6.07) is 12.9. The lowest BCUT2D eigenvalue weighted by Crippen LogP contribution is -2.40. The number of pyridine rings is 1. The number of halogens is 1. The molecule has 25 heavy (non-hydrogen) atoms. The van der Waals surface area contributed by atoms with E-state index in [0.29, 0.717) is 0 Å². The lowest BCUT2D eigenvalue weighted by Gasteiger charge is -2.32. The first kappa shape index (κ1) is 16.5. The highest BCUT2D eigenvalue weighted by Gasteiger charge is 2.41. The van der Waals surface area contributed by atoms with E-state index in [0.717, 1.165) is 63.7 Å². The quantitative estimate of drug-likeness (QED) is 0.858. The van der Waals surface area contributed by atoms with Crippen molar-refractivity contribution >= 4 is 5.82 Å². The summed E-state index contributed by atoms with van der Waals surface area (Å²) >= 11 is 0. The van der Waals surface area contributed by atoms with Crippen LogP contribution in [0.2, 0.25) is 0 Å². The van der Waals surface area contributed by atoms with Crippen LogP contribution in [0.4, 0.5) is 10.2 Å². The molecule has 2 aromatic rings. The van der Waals surface area contributed by atoms with E-state index in [1.165, 1.54) is 12.1 Å². The van der Waals surface area contributed by atoms with Crippen molar-refractivity contribution in [3.05, 3.63) is 60.0 Å². The van der Waals surface area contributed by atoms with Gasteiger partial charge in [-0.15, -0.1) is 0 Å². The average Bonchev–Trinajstić information content (AvgIpc) is 2.94. The van der Waals surface area contributed by atoms with Crippen molar-refractivity contribution in [3.63, 3.8) is 0 Å². The topological polar surface area (TPSA) is 28.6 Å². The van der Waals surface area contributed by atoms with Crippen molar-refractivity contribution < 1.29 is 9.13 Å². The van der Waals surface area contributed by atoms with Gasteiger partial charge in [0.05, 0.1) is 13.2 Å². The summed E-state index contributed by atoms with van der Waals surface area (Å²) in [5, 5.41) is 0. The van der Waals surface area contributed by atoms with Gasteiger partial charge in [0.25, 0.3) is 0 Å². The molecule has 5 heteroatoms. The molecule has 0 N–H and O–H groups in total. The molecule has 132 valence electrons. The molecule has 4 rings (SSSR count). The number of rotatable bonds is 3. The van der Waals surface area contributed by atoms with Crippen LogP contribution in [0.5, 0.6) is 0 Å². The molecule has 0 saturated carbocycles. The van der Waals surface area contributed by atoms with Crippen LogP contribution in [-0.4, -0.2) is 49.3 Å². The smallest absolute Gasteiger partial charge is 0.128 e. The monoisotopic (exact) mass is 341 g/mol. The molecule has 0 aliphatic carbocycles. The Hall–Kier alpha value is -1.98. The Kier molecular flexibility index (Phi) is 4.68. The molecule has 0 unspecified atom stereocenters. The molecular formula is C20H24FN3O. The number of ether oxygens (including phenoxy) is 1. The Morgan fingerprint density at radius 3 is 2.76 bits per heavy atom. The van der Waals surface area contributed by atoms with Crippen LogP contribution in [0, 0.1) is 11.2 Å². The van der Waals surface area contributed by atoms with Gasteiger partial charge in [-0.05, 0) is 36.2 Å². The van der Waals surface area contributed by atoms with Gasteiger partial charge in [-0.3, -0.25) is 4.90 Å². The fourth-order valence-corrected chi connectivity index (χ4v) is 3.98. The van der Waals surface area contributed by atoms with E-state index in [1.54, 1.807) is 0 Å². The summed E-state index contributed by atoms with van der Waals surface area (Å²) in [6.07, 6.45) is 2.97. The van der Waals surface area contributed by atoms with E-state index in [2.05, 4.69) is 20.9 Å². The van der Waals surface area contributed by atoms with E-state index in [-0.39, 0.29) is 11.2 Å². The van der Waals surface area contributed by atoms with Gasteiger partial charge in [-0.2, -0.15) is 0 Å². The van der Waals surface area contributed by atoms with Crippen LogP contribution in [-0.2, 0) is 11.3 Å². The first-order valence-corrected chi connectivity index (χ1v) is 8.93. The molecule has 2 aliphatic rings. The van der Waals surface area contributed by atoms with Gasteiger partial charge in [0, 0.05) is 44.3 Å². The first-order valence-electron chi connectivity index (χ1n) is 8.93. The van der Waals surface area contributed by atoms with Gasteiger partial charge in [-0.25, -0.2) is 9.37 Å². The van der Waals surface area contributed by atoms with E-state index in [9.17, 15) is 4.39 Å². The molecule has 2 aliphatic heterocycles. The first-order chi connectivity index (χ1) is 12.2. The third kappa shape index (κ3) is 3.83. The molecule has 2 fully saturated rings. The van der Waals surface area contributed by atoms with Crippen molar-refractivity contribution in [2.75, 3.05) is 44.3 Å². The third-order valence-corrected chi connectivity index (χ3v) is 5.25. The van der Waals surface area contributed by atoms with Crippen LogP contribution in [0.1, 0.15) is 12.0 Å². The maximum absolute atomic E-state index is 13.1. The number of nitrogens with zero attached hydrogens (tertiary/aromatic N) is 3. The van der Waals surface area contributed by atoms with Gasteiger partial charge in [0.1, 0.15) is 11.6 Å². The Morgan fingerprint density at radius 2 is 1.96 bits per heavy atom. The molecule has 4 nitrogen and oxygen atoms in total. The molecule has 1 aromatic carbocycles. The van der Waals surface area contributed by atoms with E-state index >= 15 is 0 Å². The zero-order chi connectivity index (χ0) is 17.1. The zero-order valence-corrected chi connectivity index (χ0v) is 14.4. The van der Waals surface area contributed by atoms with Gasteiger partial charge >= 0.3 is 0 Å². The zero-order valence-electron chi connectivity index (χ0n) is 14.4. The van der Waals surface area contributed by atoms with Gasteiger partial charge in [0.2, 0.25) is 0 Å². The Labute approximate surface area is 148 Å². The van der Waals surface area contributed by atoms with Crippen LogP contribution < -0.4 is 4.90 Å². The highest BCUT2D eigenvalue weighted by molar-refractivity contribution is 5.40. The van der Waals surface area contributed by atoms with Crippen LogP contribution in [0.15, 0.2) is 48.7 Å². The number of anilines is 1. The standard InChI is InChI=1S/C20H24FN3O/c21-18-6-4-17(5-7-18)13-23-11-12-25-16-20(14-23)8-10-24(15-20)19-3-1-2-9-22-19/h1-7,9H,8,10-16H2/t20-/m1/s1. The second kappa shape index (κ2) is 7.10. The summed E-state index contributed by atoms with van der Waals surface area (Å²) in [5.74, 6) is 0.870. The molecule has 1 atom stereocenters. The van der Waals surface area contributed by atoms with Crippen molar-refractivity contribution in [2.45, 2.75) is 13.0 Å². The third-order valence-electron chi connectivity index (χ3n) is 5.25. The molecule has 0 radical (unpaired) electrons. The molecule has 0 bridgehead atoms. The van der Waals surface area contributed by atoms with Crippen molar-refractivity contribution in [3.8, 4) is 0 Å². The minimum absolute atomic E-state index is 0.147. The molecule has 1 aromatic heterocycles. The minimum atomic E-state index is -0.179. The largest absolute Gasteiger partial charge is 0.379 e. The highest BCUT2D eigenvalue weighted by atomic mass is 19.1. The molecule has 0 amide bonds. The molecule has 2 saturated heterocycles. The van der Waals surface area contributed by atoms with Crippen LogP contribution >= 0.6 is 0 Å². The lowest BCUT2D eigenvalue weighted by molar-refractivity contribution is 0.0798. The maximum atomic E-state index is 13.1. The van der Waals surface area contributed by atoms with Gasteiger partial charge < -0.3 is 9.64 Å². The Morgan fingerprint density at radius 1 is 1.08 bits per heavy atom. The summed E-state index contributed by atoms with van der Waals surface area (Å²) < 4.78 is 19.1. The fraction of sp³-hybridized carbons (Fsp3) is 0.450. The highest BCUT2D eigenvalue weighted by Crippen LogP contribution is 2.35. The molecular weight excluding hydrogens is 317 g/mol. The van der Waals surface area contributed by atoms with Crippen LogP contribution in [0.3, 0.4) is 0 Å². The maximum Gasteiger partial charge on any atom is 0.128 e. The van der Waals surface area contributed by atoms with Crippen molar-refractivity contribution in [1.29, 1.82) is 0 Å². The van der Waals surface area contributed by atoms with E-state index < -0.39 is 0 Å².